The van der Waals surface area contributed by atoms with Crippen LogP contribution in [-0.2, 0) is 16.3 Å². The van der Waals surface area contributed by atoms with Crippen LogP contribution in [0.2, 0.25) is 0 Å². The van der Waals surface area contributed by atoms with E-state index in [1.54, 1.807) is 0 Å². The number of nitrogens with zero attached hydrogens (tertiary/aromatic N) is 1. The highest BCUT2D eigenvalue weighted by atomic mass is 32.2. The van der Waals surface area contributed by atoms with E-state index >= 15 is 0 Å². The fraction of sp³-hybridized carbons (Fsp3) is 0.375. The van der Waals surface area contributed by atoms with Crippen molar-refractivity contribution in [2.75, 3.05) is 0 Å². The summed E-state index contributed by atoms with van der Waals surface area (Å²) in [5.41, 5.74) is -2.47. The summed E-state index contributed by atoms with van der Waals surface area (Å²) in [5, 5.41) is 9.91. The maximum Gasteiger partial charge on any atom is 0.341 e. The van der Waals surface area contributed by atoms with Crippen molar-refractivity contribution in [3.63, 3.8) is 0 Å². The van der Waals surface area contributed by atoms with Crippen LogP contribution in [0.15, 0.2) is 29.3 Å². The summed E-state index contributed by atoms with van der Waals surface area (Å²) in [6.45, 7) is 0. The predicted octanol–water partition coefficient (Wildman–Crippen LogP) is 4.17. The number of halogens is 7. The SMILES string of the molecule is O=S(=O)(c1cn(-c2ccc(F)c(C(F)F)c2)c2c1C(O)C(F)(F)CC2)C(F)F. The second-order valence-corrected chi connectivity index (χ2v) is 8.09. The van der Waals surface area contributed by atoms with Gasteiger partial charge in [-0.05, 0) is 24.6 Å². The van der Waals surface area contributed by atoms with Crippen LogP contribution < -0.4 is 0 Å². The van der Waals surface area contributed by atoms with E-state index in [0.717, 1.165) is 10.6 Å². The summed E-state index contributed by atoms with van der Waals surface area (Å²) in [7, 11) is -5.39. The molecule has 4 nitrogen and oxygen atoms in total. The van der Waals surface area contributed by atoms with Gasteiger partial charge < -0.3 is 9.67 Å². The summed E-state index contributed by atoms with van der Waals surface area (Å²) in [4.78, 5) is -1.23. The van der Waals surface area contributed by atoms with Crippen LogP contribution >= 0.6 is 0 Å². The highest BCUT2D eigenvalue weighted by Gasteiger charge is 2.49. The number of hydrogen-bond acceptors (Lipinski definition) is 3. The van der Waals surface area contributed by atoms with Gasteiger partial charge in [0.05, 0.1) is 10.5 Å². The van der Waals surface area contributed by atoms with Crippen molar-refractivity contribution >= 4 is 9.84 Å². The molecule has 0 aliphatic heterocycles. The van der Waals surface area contributed by atoms with Crippen molar-refractivity contribution in [3.05, 3.63) is 47.0 Å². The van der Waals surface area contributed by atoms with Crippen molar-refractivity contribution in [3.8, 4) is 5.69 Å². The third kappa shape index (κ3) is 3.17. The Labute approximate surface area is 154 Å². The first-order chi connectivity index (χ1) is 12.9. The van der Waals surface area contributed by atoms with E-state index < -0.39 is 68.7 Å². The van der Waals surface area contributed by atoms with Gasteiger partial charge in [-0.3, -0.25) is 0 Å². The molecule has 0 saturated heterocycles. The fourth-order valence-electron chi connectivity index (χ4n) is 3.12. The Kier molecular flexibility index (Phi) is 4.99. The Bertz CT molecular complexity index is 1020. The number of hydrogen-bond donors (Lipinski definition) is 1. The van der Waals surface area contributed by atoms with E-state index in [-0.39, 0.29) is 11.4 Å². The number of aliphatic hydroxyl groups excluding tert-OH is 1. The summed E-state index contributed by atoms with van der Waals surface area (Å²) in [6.07, 6.45) is -6.82. The zero-order chi connectivity index (χ0) is 21.0. The van der Waals surface area contributed by atoms with Gasteiger partial charge in [-0.15, -0.1) is 0 Å². The number of rotatable bonds is 4. The summed E-state index contributed by atoms with van der Waals surface area (Å²) >= 11 is 0. The molecule has 1 unspecified atom stereocenters. The molecular weight excluding hydrogens is 419 g/mol. The van der Waals surface area contributed by atoms with Crippen molar-refractivity contribution in [1.82, 2.24) is 4.57 Å². The summed E-state index contributed by atoms with van der Waals surface area (Å²) in [5.74, 6) is -8.99. The molecule has 0 fully saturated rings. The monoisotopic (exact) mass is 431 g/mol. The van der Waals surface area contributed by atoms with Crippen LogP contribution in [0.5, 0.6) is 0 Å². The van der Waals surface area contributed by atoms with Crippen LogP contribution in [0.4, 0.5) is 30.7 Å². The second-order valence-electron chi connectivity index (χ2n) is 6.20. The fourth-order valence-corrected chi connectivity index (χ4v) is 4.10. The summed E-state index contributed by atoms with van der Waals surface area (Å²) < 4.78 is 118. The molecule has 0 amide bonds. The van der Waals surface area contributed by atoms with E-state index in [4.69, 9.17) is 0 Å². The molecule has 12 heteroatoms. The first kappa shape index (κ1) is 20.6. The average molecular weight is 431 g/mol. The molecule has 28 heavy (non-hydrogen) atoms. The maximum atomic E-state index is 13.9. The molecule has 1 atom stereocenters. The predicted molar refractivity (Wildman–Crippen MR) is 82.1 cm³/mol. The number of sulfone groups is 1. The third-order valence-electron chi connectivity index (χ3n) is 4.52. The van der Waals surface area contributed by atoms with Crippen LogP contribution in [0, 0.1) is 5.82 Å². The molecular formula is C16H12F7NO3S. The highest BCUT2D eigenvalue weighted by Crippen LogP contribution is 2.46. The van der Waals surface area contributed by atoms with Gasteiger partial charge in [-0.2, -0.15) is 8.78 Å². The standard InChI is InChI=1S/C16H12F7NO3S/c17-9-2-1-7(5-8(9)14(18)19)24-6-11(28(26,27)15(20)21)12-10(24)3-4-16(22,23)13(12)25/h1-2,5-6,13-15,25H,3-4H2. The van der Waals surface area contributed by atoms with Crippen LogP contribution in [0.1, 0.15) is 35.8 Å². The topological polar surface area (TPSA) is 59.3 Å². The zero-order valence-electron chi connectivity index (χ0n) is 13.7. The largest absolute Gasteiger partial charge is 0.382 e. The lowest BCUT2D eigenvalue weighted by Gasteiger charge is -2.29. The Morgan fingerprint density at radius 3 is 2.39 bits per heavy atom. The third-order valence-corrected chi connectivity index (χ3v) is 5.92. The molecule has 0 bridgehead atoms. The molecule has 1 aromatic heterocycles. The molecule has 3 rings (SSSR count). The smallest absolute Gasteiger partial charge is 0.341 e. The molecule has 1 aromatic carbocycles. The lowest BCUT2D eigenvalue weighted by Crippen LogP contribution is -2.33. The minimum Gasteiger partial charge on any atom is -0.382 e. The number of fused-ring (bicyclic) bond motifs is 1. The zero-order valence-corrected chi connectivity index (χ0v) is 14.5. The number of aliphatic hydroxyl groups is 1. The van der Waals surface area contributed by atoms with Gasteiger partial charge in [0.2, 0.25) is 9.84 Å². The van der Waals surface area contributed by atoms with Gasteiger partial charge in [0.15, 0.2) is 0 Å². The number of benzene rings is 1. The molecule has 2 aromatic rings. The van der Waals surface area contributed by atoms with Gasteiger partial charge in [0.1, 0.15) is 11.9 Å². The number of aromatic nitrogens is 1. The van der Waals surface area contributed by atoms with Crippen molar-refractivity contribution in [2.45, 2.75) is 41.9 Å². The van der Waals surface area contributed by atoms with Crippen molar-refractivity contribution < 1.29 is 44.3 Å². The Hall–Kier alpha value is -2.08. The molecule has 0 spiro atoms. The van der Waals surface area contributed by atoms with Crippen LogP contribution in [0.3, 0.4) is 0 Å². The maximum absolute atomic E-state index is 13.9. The van der Waals surface area contributed by atoms with Crippen molar-refractivity contribution in [2.24, 2.45) is 0 Å². The molecule has 1 aliphatic carbocycles. The summed E-state index contributed by atoms with van der Waals surface area (Å²) in [6, 6.07) is 2.26. The van der Waals surface area contributed by atoms with Gasteiger partial charge in [-0.25, -0.2) is 30.4 Å². The quantitative estimate of drug-likeness (QED) is 0.740. The van der Waals surface area contributed by atoms with Gasteiger partial charge in [-0.1, -0.05) is 0 Å². The minimum atomic E-state index is -5.39. The van der Waals surface area contributed by atoms with Crippen molar-refractivity contribution in [1.29, 1.82) is 0 Å². The Balaban J connectivity index is 2.30. The molecule has 154 valence electrons. The normalized spacial score (nSPS) is 19.3. The lowest BCUT2D eigenvalue weighted by atomic mass is 9.91. The number of alkyl halides is 6. The van der Waals surface area contributed by atoms with E-state index in [1.165, 1.54) is 0 Å². The molecule has 1 aliphatic rings. The molecule has 0 saturated carbocycles. The Morgan fingerprint density at radius 2 is 1.82 bits per heavy atom. The van der Waals surface area contributed by atoms with E-state index in [9.17, 15) is 44.3 Å². The van der Waals surface area contributed by atoms with Gasteiger partial charge >= 0.3 is 5.76 Å². The minimum absolute atomic E-state index is 0.249. The molecule has 1 N–H and O–H groups in total. The first-order valence-electron chi connectivity index (χ1n) is 7.78. The molecule has 1 heterocycles. The van der Waals surface area contributed by atoms with Crippen LogP contribution in [-0.4, -0.2) is 29.8 Å². The average Bonchev–Trinajstić information content (AvgIpc) is 2.99. The first-order valence-corrected chi connectivity index (χ1v) is 9.32. The van der Waals surface area contributed by atoms with E-state index in [2.05, 4.69) is 0 Å². The molecule has 0 radical (unpaired) electrons. The lowest BCUT2D eigenvalue weighted by molar-refractivity contribution is -0.123. The van der Waals surface area contributed by atoms with E-state index in [0.29, 0.717) is 18.3 Å². The Morgan fingerprint density at radius 1 is 1.18 bits per heavy atom. The van der Waals surface area contributed by atoms with E-state index in [1.807, 2.05) is 0 Å². The highest BCUT2D eigenvalue weighted by molar-refractivity contribution is 7.91. The van der Waals surface area contributed by atoms with Gasteiger partial charge in [0.25, 0.3) is 12.3 Å². The van der Waals surface area contributed by atoms with Gasteiger partial charge in [0, 0.05) is 29.6 Å². The van der Waals surface area contributed by atoms with Crippen LogP contribution in [0.25, 0.3) is 5.69 Å². The second kappa shape index (κ2) is 6.76.